The van der Waals surface area contributed by atoms with Gasteiger partial charge in [0.05, 0.1) is 19.3 Å². The maximum absolute atomic E-state index is 6.05. The summed E-state index contributed by atoms with van der Waals surface area (Å²) in [5.41, 5.74) is 2.36. The predicted octanol–water partition coefficient (Wildman–Crippen LogP) is 5.67. The SMILES string of the molecule is CC(C)[C@H](COCc1ccccc1)N=C(c1ccccc1)N1C=CCC[C@H]1C. The molecule has 1 aliphatic rings. The molecule has 0 aromatic heterocycles. The zero-order chi connectivity index (χ0) is 19.8. The van der Waals surface area contributed by atoms with Crippen molar-refractivity contribution in [3.05, 3.63) is 84.1 Å². The Morgan fingerprint density at radius 3 is 2.39 bits per heavy atom. The lowest BCUT2D eigenvalue weighted by Crippen LogP contribution is -2.38. The molecule has 28 heavy (non-hydrogen) atoms. The molecular weight excluding hydrogens is 344 g/mol. The fourth-order valence-corrected chi connectivity index (χ4v) is 3.38. The smallest absolute Gasteiger partial charge is 0.135 e. The van der Waals surface area contributed by atoms with Crippen LogP contribution < -0.4 is 0 Å². The molecule has 2 aromatic carbocycles. The second-order valence-corrected chi connectivity index (χ2v) is 7.85. The molecule has 0 saturated carbocycles. The number of aliphatic imine (C=N–C) groups is 1. The van der Waals surface area contributed by atoms with Gasteiger partial charge in [-0.05, 0) is 31.2 Å². The molecule has 3 nitrogen and oxygen atoms in total. The van der Waals surface area contributed by atoms with E-state index in [4.69, 9.17) is 9.73 Å². The van der Waals surface area contributed by atoms with E-state index in [0.29, 0.717) is 25.2 Å². The number of hydrogen-bond acceptors (Lipinski definition) is 2. The van der Waals surface area contributed by atoms with Crippen molar-refractivity contribution >= 4 is 5.84 Å². The molecule has 2 atom stereocenters. The lowest BCUT2D eigenvalue weighted by atomic mass is 10.0. The number of benzene rings is 2. The molecule has 2 aromatic rings. The summed E-state index contributed by atoms with van der Waals surface area (Å²) in [6.45, 7) is 7.96. The van der Waals surface area contributed by atoms with Crippen molar-refractivity contribution < 1.29 is 4.74 Å². The van der Waals surface area contributed by atoms with Crippen molar-refractivity contribution in [3.8, 4) is 0 Å². The number of ether oxygens (including phenoxy) is 1. The number of hydrogen-bond donors (Lipinski definition) is 0. The number of rotatable bonds is 7. The highest BCUT2D eigenvalue weighted by atomic mass is 16.5. The molecule has 3 heteroatoms. The molecule has 0 fully saturated rings. The van der Waals surface area contributed by atoms with E-state index < -0.39 is 0 Å². The monoisotopic (exact) mass is 376 g/mol. The zero-order valence-corrected chi connectivity index (χ0v) is 17.3. The van der Waals surface area contributed by atoms with E-state index in [1.165, 1.54) is 5.56 Å². The van der Waals surface area contributed by atoms with Gasteiger partial charge in [-0.1, -0.05) is 80.6 Å². The van der Waals surface area contributed by atoms with Crippen molar-refractivity contribution in [3.63, 3.8) is 0 Å². The fourth-order valence-electron chi connectivity index (χ4n) is 3.38. The maximum Gasteiger partial charge on any atom is 0.135 e. The third-order valence-electron chi connectivity index (χ3n) is 5.23. The minimum absolute atomic E-state index is 0.112. The fraction of sp³-hybridized carbons (Fsp3) is 0.400. The molecule has 0 saturated heterocycles. The zero-order valence-electron chi connectivity index (χ0n) is 17.3. The maximum atomic E-state index is 6.05. The van der Waals surface area contributed by atoms with Crippen LogP contribution in [-0.4, -0.2) is 29.4 Å². The first-order chi connectivity index (χ1) is 13.6. The van der Waals surface area contributed by atoms with Crippen molar-refractivity contribution in [1.82, 2.24) is 4.90 Å². The summed E-state index contributed by atoms with van der Waals surface area (Å²) in [5, 5.41) is 0. The first-order valence-electron chi connectivity index (χ1n) is 10.3. The van der Waals surface area contributed by atoms with Crippen LogP contribution in [0.15, 0.2) is 77.9 Å². The van der Waals surface area contributed by atoms with Crippen molar-refractivity contribution in [2.24, 2.45) is 10.9 Å². The van der Waals surface area contributed by atoms with Gasteiger partial charge >= 0.3 is 0 Å². The molecule has 0 unspecified atom stereocenters. The number of nitrogens with zero attached hydrogens (tertiary/aromatic N) is 2. The van der Waals surface area contributed by atoms with Crippen LogP contribution in [-0.2, 0) is 11.3 Å². The highest BCUT2D eigenvalue weighted by Crippen LogP contribution is 2.20. The largest absolute Gasteiger partial charge is 0.375 e. The molecule has 3 rings (SSSR count). The van der Waals surface area contributed by atoms with Gasteiger partial charge in [0.1, 0.15) is 5.84 Å². The van der Waals surface area contributed by atoms with Crippen LogP contribution in [0.5, 0.6) is 0 Å². The first-order valence-corrected chi connectivity index (χ1v) is 10.3. The molecule has 1 aliphatic heterocycles. The minimum Gasteiger partial charge on any atom is -0.375 e. The molecule has 0 amide bonds. The quantitative estimate of drug-likeness (QED) is 0.459. The van der Waals surface area contributed by atoms with E-state index in [0.717, 1.165) is 24.2 Å². The highest BCUT2D eigenvalue weighted by molar-refractivity contribution is 5.99. The summed E-state index contributed by atoms with van der Waals surface area (Å²) < 4.78 is 6.05. The molecule has 0 N–H and O–H groups in total. The standard InChI is InChI=1S/C25H32N2O/c1-20(2)24(19-28-18-22-13-6-4-7-14-22)26-25(23-15-8-5-9-16-23)27-17-11-10-12-21(27)3/h4-9,11,13-17,20-21,24H,10,12,18-19H2,1-3H3/t21-,24+/m1/s1. The van der Waals surface area contributed by atoms with E-state index in [1.54, 1.807) is 0 Å². The van der Waals surface area contributed by atoms with Crippen molar-refractivity contribution in [2.75, 3.05) is 6.61 Å². The van der Waals surface area contributed by atoms with Gasteiger partial charge in [0.15, 0.2) is 0 Å². The second kappa shape index (κ2) is 10.2. The number of allylic oxidation sites excluding steroid dienone is 1. The van der Waals surface area contributed by atoms with Crippen LogP contribution in [0, 0.1) is 5.92 Å². The van der Waals surface area contributed by atoms with E-state index in [2.05, 4.69) is 80.4 Å². The Kier molecular flexibility index (Phi) is 7.44. The van der Waals surface area contributed by atoms with E-state index in [9.17, 15) is 0 Å². The summed E-state index contributed by atoms with van der Waals surface area (Å²) in [6.07, 6.45) is 6.73. The molecule has 148 valence electrons. The second-order valence-electron chi connectivity index (χ2n) is 7.85. The Balaban J connectivity index is 1.80. The van der Waals surface area contributed by atoms with Crippen LogP contribution in [0.1, 0.15) is 44.7 Å². The highest BCUT2D eigenvalue weighted by Gasteiger charge is 2.22. The summed E-state index contributed by atoms with van der Waals surface area (Å²) in [6, 6.07) is 21.4. The van der Waals surface area contributed by atoms with Gasteiger partial charge in [-0.3, -0.25) is 4.99 Å². The van der Waals surface area contributed by atoms with Crippen LogP contribution in [0.3, 0.4) is 0 Å². The average molecular weight is 377 g/mol. The van der Waals surface area contributed by atoms with Crippen LogP contribution in [0.4, 0.5) is 0 Å². The molecular formula is C25H32N2O. The third-order valence-corrected chi connectivity index (χ3v) is 5.23. The average Bonchev–Trinajstić information content (AvgIpc) is 2.72. The van der Waals surface area contributed by atoms with Crippen LogP contribution >= 0.6 is 0 Å². The van der Waals surface area contributed by atoms with E-state index >= 15 is 0 Å². The van der Waals surface area contributed by atoms with Gasteiger partial charge < -0.3 is 9.64 Å². The normalized spacial score (nSPS) is 18.5. The molecule has 0 radical (unpaired) electrons. The van der Waals surface area contributed by atoms with Crippen LogP contribution in [0.25, 0.3) is 0 Å². The van der Waals surface area contributed by atoms with Gasteiger partial charge in [0.2, 0.25) is 0 Å². The predicted molar refractivity (Wildman–Crippen MR) is 117 cm³/mol. The van der Waals surface area contributed by atoms with Gasteiger partial charge in [0, 0.05) is 17.8 Å². The minimum atomic E-state index is 0.112. The topological polar surface area (TPSA) is 24.8 Å². The Bertz CT molecular complexity index is 768. The van der Waals surface area contributed by atoms with Gasteiger partial charge in [0.25, 0.3) is 0 Å². The Labute approximate surface area is 169 Å². The Morgan fingerprint density at radius 2 is 1.75 bits per heavy atom. The van der Waals surface area contributed by atoms with Gasteiger partial charge in [-0.25, -0.2) is 0 Å². The summed E-state index contributed by atoms with van der Waals surface area (Å²) >= 11 is 0. The summed E-state index contributed by atoms with van der Waals surface area (Å²) in [4.78, 5) is 7.54. The number of amidine groups is 1. The molecule has 0 bridgehead atoms. The van der Waals surface area contributed by atoms with Crippen molar-refractivity contribution in [1.29, 1.82) is 0 Å². The third kappa shape index (κ3) is 5.56. The van der Waals surface area contributed by atoms with Crippen LogP contribution in [0.2, 0.25) is 0 Å². The lowest BCUT2D eigenvalue weighted by molar-refractivity contribution is 0.0976. The lowest BCUT2D eigenvalue weighted by Gasteiger charge is -2.33. The molecule has 1 heterocycles. The first kappa shape index (κ1) is 20.3. The van der Waals surface area contributed by atoms with E-state index in [1.807, 2.05) is 18.2 Å². The Morgan fingerprint density at radius 1 is 1.07 bits per heavy atom. The van der Waals surface area contributed by atoms with Crippen molar-refractivity contribution in [2.45, 2.75) is 52.3 Å². The molecule has 0 spiro atoms. The molecule has 0 aliphatic carbocycles. The summed E-state index contributed by atoms with van der Waals surface area (Å²) in [7, 11) is 0. The van der Waals surface area contributed by atoms with E-state index in [-0.39, 0.29) is 6.04 Å². The van der Waals surface area contributed by atoms with Gasteiger partial charge in [-0.2, -0.15) is 0 Å². The van der Waals surface area contributed by atoms with Gasteiger partial charge in [-0.15, -0.1) is 0 Å². The Hall–Kier alpha value is -2.39. The summed E-state index contributed by atoms with van der Waals surface area (Å²) in [5.74, 6) is 1.45.